The molecule has 0 unspecified atom stereocenters. The van der Waals surface area contributed by atoms with E-state index in [9.17, 15) is 4.79 Å². The number of anilines is 1. The summed E-state index contributed by atoms with van der Waals surface area (Å²) in [6, 6.07) is 15.2. The number of tetrazole rings is 1. The van der Waals surface area contributed by atoms with E-state index in [1.807, 2.05) is 43.3 Å². The number of ether oxygens (including phenoxy) is 1. The van der Waals surface area contributed by atoms with Gasteiger partial charge in [-0.1, -0.05) is 42.0 Å². The normalized spacial score (nSPS) is 11.8. The lowest BCUT2D eigenvalue weighted by atomic mass is 9.97. The first-order valence-corrected chi connectivity index (χ1v) is 7.85. The van der Waals surface area contributed by atoms with Crippen LogP contribution in [0.3, 0.4) is 0 Å². The van der Waals surface area contributed by atoms with E-state index in [4.69, 9.17) is 4.74 Å². The number of aryl methyl sites for hydroxylation is 1. The number of rotatable bonds is 6. The molecule has 3 aromatic rings. The Hall–Kier alpha value is -3.22. The zero-order chi connectivity index (χ0) is 17.6. The second-order valence-corrected chi connectivity index (χ2v) is 5.67. The van der Waals surface area contributed by atoms with Gasteiger partial charge in [0.25, 0.3) is 0 Å². The Bertz CT molecular complexity index is 831. The molecule has 0 aliphatic rings. The van der Waals surface area contributed by atoms with Crippen LogP contribution in [0.5, 0.6) is 5.75 Å². The van der Waals surface area contributed by atoms with Crippen LogP contribution in [0.2, 0.25) is 0 Å². The average molecular weight is 336 g/mol. The predicted molar refractivity (Wildman–Crippen MR) is 92.4 cm³/mol. The van der Waals surface area contributed by atoms with Gasteiger partial charge >= 0.3 is 0 Å². The first-order chi connectivity index (χ1) is 12.2. The fourth-order valence-electron chi connectivity index (χ4n) is 2.52. The van der Waals surface area contributed by atoms with Crippen molar-refractivity contribution in [3.8, 4) is 5.75 Å². The highest BCUT2D eigenvalue weighted by atomic mass is 16.5. The van der Waals surface area contributed by atoms with Gasteiger partial charge in [0, 0.05) is 5.82 Å². The Morgan fingerprint density at radius 3 is 2.64 bits per heavy atom. The first kappa shape index (κ1) is 16.6. The number of para-hydroxylation sites is 2. The summed E-state index contributed by atoms with van der Waals surface area (Å²) in [4.78, 5) is 12.8. The third kappa shape index (κ3) is 4.00. The van der Waals surface area contributed by atoms with Gasteiger partial charge in [-0.25, -0.2) is 0 Å². The molecule has 1 heterocycles. The number of carbonyl (C=O) groups excluding carboxylic acids is 1. The standard InChI is InChI=1S/C18H19N5O2/c1-12-7-9-13(10-8-12)11-14(17-20-22-23-21-17)18(24)19-15-5-3-4-6-16(15)25-2/h3-10,14H,11H2,1-2H3,(H2,19,20,21,22,23,24)/p-1/t14-/m1/s1. The zero-order valence-electron chi connectivity index (χ0n) is 14.0. The lowest BCUT2D eigenvalue weighted by Gasteiger charge is -2.18. The summed E-state index contributed by atoms with van der Waals surface area (Å²) in [5.74, 6) is 0.0556. The van der Waals surface area contributed by atoms with Crippen molar-refractivity contribution >= 4 is 11.6 Å². The van der Waals surface area contributed by atoms with Crippen LogP contribution in [0, 0.1) is 6.92 Å². The minimum absolute atomic E-state index is 0.236. The number of nitrogens with zero attached hydrogens (tertiary/aromatic N) is 4. The molecule has 0 saturated carbocycles. The van der Waals surface area contributed by atoms with Crippen molar-refractivity contribution < 1.29 is 9.53 Å². The Morgan fingerprint density at radius 1 is 1.20 bits per heavy atom. The molecule has 0 saturated heterocycles. The minimum Gasteiger partial charge on any atom is -0.495 e. The molecular weight excluding hydrogens is 318 g/mol. The van der Waals surface area contributed by atoms with E-state index in [0.717, 1.165) is 11.1 Å². The quantitative estimate of drug-likeness (QED) is 0.741. The molecule has 7 nitrogen and oxygen atoms in total. The predicted octanol–water partition coefficient (Wildman–Crippen LogP) is 2.11. The molecule has 1 aromatic heterocycles. The Morgan fingerprint density at radius 2 is 1.96 bits per heavy atom. The number of hydrogen-bond donors (Lipinski definition) is 1. The summed E-state index contributed by atoms with van der Waals surface area (Å²) < 4.78 is 5.28. The van der Waals surface area contributed by atoms with Crippen LogP contribution in [-0.2, 0) is 11.2 Å². The molecule has 1 N–H and O–H groups in total. The monoisotopic (exact) mass is 336 g/mol. The van der Waals surface area contributed by atoms with Gasteiger partial charge in [0.15, 0.2) is 0 Å². The summed E-state index contributed by atoms with van der Waals surface area (Å²) in [6.45, 7) is 2.02. The van der Waals surface area contributed by atoms with Crippen LogP contribution >= 0.6 is 0 Å². The Balaban J connectivity index is 1.84. The van der Waals surface area contributed by atoms with E-state index in [1.54, 1.807) is 19.2 Å². The van der Waals surface area contributed by atoms with Crippen LogP contribution in [0.1, 0.15) is 22.9 Å². The number of hydrogen-bond acceptors (Lipinski definition) is 5. The molecule has 7 heteroatoms. The maximum absolute atomic E-state index is 12.8. The van der Waals surface area contributed by atoms with Crippen molar-refractivity contribution in [2.24, 2.45) is 0 Å². The Kier molecular flexibility index (Phi) is 5.03. The van der Waals surface area contributed by atoms with Crippen LogP contribution in [0.15, 0.2) is 48.5 Å². The van der Waals surface area contributed by atoms with E-state index < -0.39 is 5.92 Å². The number of amides is 1. The molecule has 0 fully saturated rings. The number of carbonyl (C=O) groups is 1. The zero-order valence-corrected chi connectivity index (χ0v) is 14.0. The molecule has 0 bridgehead atoms. The molecule has 1 atom stereocenters. The topological polar surface area (TPSA) is 91.1 Å². The number of methoxy groups -OCH3 is 1. The summed E-state index contributed by atoms with van der Waals surface area (Å²) in [5, 5.41) is 17.6. The fourth-order valence-corrected chi connectivity index (χ4v) is 2.52. The SMILES string of the molecule is COc1ccccc1NC(=O)[C@H](Cc1ccc(C)cc1)c1nnn[n-]1. The lowest BCUT2D eigenvalue weighted by molar-refractivity contribution is -0.117. The van der Waals surface area contributed by atoms with Gasteiger partial charge in [0.1, 0.15) is 5.75 Å². The molecular formula is C18H18N5O2-. The van der Waals surface area contributed by atoms with Crippen molar-refractivity contribution in [1.82, 2.24) is 20.6 Å². The van der Waals surface area contributed by atoms with Gasteiger partial charge in [-0.3, -0.25) is 15.1 Å². The van der Waals surface area contributed by atoms with E-state index in [-0.39, 0.29) is 5.91 Å². The van der Waals surface area contributed by atoms with Crippen molar-refractivity contribution in [3.05, 3.63) is 65.5 Å². The highest BCUT2D eigenvalue weighted by Crippen LogP contribution is 2.26. The molecule has 0 aliphatic carbocycles. The van der Waals surface area contributed by atoms with E-state index in [0.29, 0.717) is 23.7 Å². The van der Waals surface area contributed by atoms with E-state index >= 15 is 0 Å². The molecule has 25 heavy (non-hydrogen) atoms. The van der Waals surface area contributed by atoms with Crippen molar-refractivity contribution in [2.75, 3.05) is 12.4 Å². The van der Waals surface area contributed by atoms with Crippen molar-refractivity contribution in [3.63, 3.8) is 0 Å². The summed E-state index contributed by atoms with van der Waals surface area (Å²) in [7, 11) is 1.56. The average Bonchev–Trinajstić information content (AvgIpc) is 3.16. The molecule has 1 amide bonds. The number of aromatic nitrogens is 4. The second-order valence-electron chi connectivity index (χ2n) is 5.67. The van der Waals surface area contributed by atoms with Gasteiger partial charge in [0.2, 0.25) is 5.91 Å². The van der Waals surface area contributed by atoms with Gasteiger partial charge in [0.05, 0.1) is 18.7 Å². The largest absolute Gasteiger partial charge is 0.495 e. The third-order valence-electron chi connectivity index (χ3n) is 3.89. The Labute approximate surface area is 145 Å². The molecule has 2 aromatic carbocycles. The third-order valence-corrected chi connectivity index (χ3v) is 3.89. The van der Waals surface area contributed by atoms with Gasteiger partial charge < -0.3 is 15.2 Å². The maximum atomic E-state index is 12.8. The molecule has 0 radical (unpaired) electrons. The van der Waals surface area contributed by atoms with Crippen LogP contribution in [0.4, 0.5) is 5.69 Å². The number of nitrogens with one attached hydrogen (secondary N) is 1. The van der Waals surface area contributed by atoms with Crippen molar-refractivity contribution in [2.45, 2.75) is 19.3 Å². The van der Waals surface area contributed by atoms with E-state index in [2.05, 4.69) is 25.9 Å². The van der Waals surface area contributed by atoms with Gasteiger partial charge in [-0.2, -0.15) is 5.21 Å². The molecule has 3 rings (SSSR count). The molecule has 0 spiro atoms. The lowest BCUT2D eigenvalue weighted by Crippen LogP contribution is -2.24. The minimum atomic E-state index is -0.595. The fraction of sp³-hybridized carbons (Fsp3) is 0.222. The maximum Gasteiger partial charge on any atom is 0.232 e. The smallest absolute Gasteiger partial charge is 0.232 e. The summed E-state index contributed by atoms with van der Waals surface area (Å²) in [6.07, 6.45) is 0.453. The first-order valence-electron chi connectivity index (χ1n) is 7.85. The van der Waals surface area contributed by atoms with E-state index in [1.165, 1.54) is 0 Å². The van der Waals surface area contributed by atoms with Crippen LogP contribution in [0.25, 0.3) is 0 Å². The highest BCUT2D eigenvalue weighted by Gasteiger charge is 2.22. The van der Waals surface area contributed by atoms with Crippen LogP contribution in [-0.4, -0.2) is 28.5 Å². The van der Waals surface area contributed by atoms with Crippen molar-refractivity contribution in [1.29, 1.82) is 0 Å². The molecule has 0 aliphatic heterocycles. The van der Waals surface area contributed by atoms with Crippen LogP contribution < -0.4 is 15.2 Å². The number of benzene rings is 2. The summed E-state index contributed by atoms with van der Waals surface area (Å²) >= 11 is 0. The van der Waals surface area contributed by atoms with Gasteiger partial charge in [-0.05, 0) is 31.0 Å². The second kappa shape index (κ2) is 7.57. The highest BCUT2D eigenvalue weighted by molar-refractivity contribution is 5.96. The summed E-state index contributed by atoms with van der Waals surface area (Å²) in [5.41, 5.74) is 2.76. The molecule has 128 valence electrons. The van der Waals surface area contributed by atoms with Gasteiger partial charge in [-0.15, -0.1) is 0 Å².